The Labute approximate surface area is 65.9 Å². The molecule has 2 rings (SSSR count). The summed E-state index contributed by atoms with van der Waals surface area (Å²) in [4.78, 5) is 5.08. The zero-order valence-corrected chi connectivity index (χ0v) is 6.18. The molecule has 0 bridgehead atoms. The molecule has 0 saturated heterocycles. The SMILES string of the molecule is C1#CCC2=C(C=C1)CCON2. The van der Waals surface area contributed by atoms with Crippen molar-refractivity contribution in [3.63, 3.8) is 0 Å². The van der Waals surface area contributed by atoms with Crippen molar-refractivity contribution in [1.82, 2.24) is 5.48 Å². The molecule has 1 heterocycles. The molecule has 1 aliphatic carbocycles. The van der Waals surface area contributed by atoms with Crippen LogP contribution in [0.1, 0.15) is 12.8 Å². The number of hydroxylamine groups is 1. The molecule has 0 spiro atoms. The highest BCUT2D eigenvalue weighted by atomic mass is 16.6. The monoisotopic (exact) mass is 147 g/mol. The van der Waals surface area contributed by atoms with E-state index in [1.807, 2.05) is 6.08 Å². The first-order chi connectivity index (χ1) is 5.47. The summed E-state index contributed by atoms with van der Waals surface area (Å²) >= 11 is 0. The lowest BCUT2D eigenvalue weighted by atomic mass is 10.1. The fourth-order valence-electron chi connectivity index (χ4n) is 1.19. The van der Waals surface area contributed by atoms with Gasteiger partial charge in [0, 0.05) is 6.42 Å². The van der Waals surface area contributed by atoms with Crippen molar-refractivity contribution in [1.29, 1.82) is 0 Å². The average Bonchev–Trinajstić information content (AvgIpc) is 2.28. The number of allylic oxidation sites excluding steroid dienone is 3. The summed E-state index contributed by atoms with van der Waals surface area (Å²) in [7, 11) is 0. The molecule has 2 nitrogen and oxygen atoms in total. The molecule has 0 atom stereocenters. The third kappa shape index (κ3) is 1.28. The van der Waals surface area contributed by atoms with Crippen LogP contribution in [0.25, 0.3) is 0 Å². The Morgan fingerprint density at radius 3 is 3.55 bits per heavy atom. The Kier molecular flexibility index (Phi) is 1.66. The molecule has 1 aliphatic heterocycles. The molecule has 0 fully saturated rings. The van der Waals surface area contributed by atoms with E-state index in [1.54, 1.807) is 0 Å². The largest absolute Gasteiger partial charge is 0.276 e. The van der Waals surface area contributed by atoms with E-state index < -0.39 is 0 Å². The van der Waals surface area contributed by atoms with Crippen molar-refractivity contribution in [2.45, 2.75) is 12.8 Å². The van der Waals surface area contributed by atoms with Gasteiger partial charge in [-0.05, 0) is 17.7 Å². The third-order valence-electron chi connectivity index (χ3n) is 1.79. The van der Waals surface area contributed by atoms with E-state index >= 15 is 0 Å². The molecule has 2 heteroatoms. The normalized spacial score (nSPS) is 21.1. The number of hydrogen-bond donors (Lipinski definition) is 1. The van der Waals surface area contributed by atoms with Gasteiger partial charge in [0.1, 0.15) is 0 Å². The Bertz CT molecular complexity index is 278. The van der Waals surface area contributed by atoms with Crippen molar-refractivity contribution in [3.05, 3.63) is 23.4 Å². The summed E-state index contributed by atoms with van der Waals surface area (Å²) in [5, 5.41) is 0. The smallest absolute Gasteiger partial charge is 0.0786 e. The van der Waals surface area contributed by atoms with Crippen molar-refractivity contribution in [2.75, 3.05) is 6.61 Å². The first kappa shape index (κ1) is 6.51. The van der Waals surface area contributed by atoms with Crippen molar-refractivity contribution < 1.29 is 4.84 Å². The molecule has 2 aliphatic rings. The quantitative estimate of drug-likeness (QED) is 0.518. The minimum Gasteiger partial charge on any atom is -0.276 e. The van der Waals surface area contributed by atoms with E-state index in [-0.39, 0.29) is 0 Å². The van der Waals surface area contributed by atoms with Crippen molar-refractivity contribution in [2.24, 2.45) is 0 Å². The van der Waals surface area contributed by atoms with Crippen LogP contribution in [0.4, 0.5) is 0 Å². The second kappa shape index (κ2) is 2.81. The summed E-state index contributed by atoms with van der Waals surface area (Å²) < 4.78 is 0. The van der Waals surface area contributed by atoms with Crippen LogP contribution in [-0.4, -0.2) is 6.61 Å². The highest BCUT2D eigenvalue weighted by Crippen LogP contribution is 2.16. The fourth-order valence-corrected chi connectivity index (χ4v) is 1.19. The molecule has 0 saturated carbocycles. The summed E-state index contributed by atoms with van der Waals surface area (Å²) in [6, 6.07) is 0. The predicted molar refractivity (Wildman–Crippen MR) is 42.3 cm³/mol. The molecular formula is C9H9NO. The van der Waals surface area contributed by atoms with E-state index in [1.165, 1.54) is 5.57 Å². The van der Waals surface area contributed by atoms with Crippen LogP contribution in [-0.2, 0) is 4.84 Å². The van der Waals surface area contributed by atoms with Gasteiger partial charge in [0.2, 0.25) is 0 Å². The molecule has 0 aromatic carbocycles. The van der Waals surface area contributed by atoms with Gasteiger partial charge in [-0.2, -0.15) is 0 Å². The van der Waals surface area contributed by atoms with Crippen LogP contribution < -0.4 is 5.48 Å². The van der Waals surface area contributed by atoms with E-state index in [0.29, 0.717) is 0 Å². The van der Waals surface area contributed by atoms with Gasteiger partial charge in [0.15, 0.2) is 0 Å². The fraction of sp³-hybridized carbons (Fsp3) is 0.333. The first-order valence-electron chi connectivity index (χ1n) is 3.71. The van der Waals surface area contributed by atoms with Crippen LogP contribution in [0, 0.1) is 11.8 Å². The Hall–Kier alpha value is -1.20. The van der Waals surface area contributed by atoms with Crippen molar-refractivity contribution >= 4 is 0 Å². The van der Waals surface area contributed by atoms with Gasteiger partial charge in [0.05, 0.1) is 18.7 Å². The zero-order chi connectivity index (χ0) is 7.52. The summed E-state index contributed by atoms with van der Waals surface area (Å²) in [5.74, 6) is 5.95. The minimum atomic E-state index is 0.753. The van der Waals surface area contributed by atoms with Crippen LogP contribution >= 0.6 is 0 Å². The van der Waals surface area contributed by atoms with E-state index in [0.717, 1.165) is 25.1 Å². The van der Waals surface area contributed by atoms with E-state index in [4.69, 9.17) is 4.84 Å². The number of rotatable bonds is 0. The lowest BCUT2D eigenvalue weighted by Crippen LogP contribution is -2.21. The molecule has 0 radical (unpaired) electrons. The second-order valence-electron chi connectivity index (χ2n) is 2.54. The maximum Gasteiger partial charge on any atom is 0.0786 e. The topological polar surface area (TPSA) is 21.3 Å². The van der Waals surface area contributed by atoms with Crippen LogP contribution in [0.2, 0.25) is 0 Å². The Morgan fingerprint density at radius 1 is 1.55 bits per heavy atom. The van der Waals surface area contributed by atoms with E-state index in [2.05, 4.69) is 23.4 Å². The molecule has 0 amide bonds. The van der Waals surface area contributed by atoms with Crippen LogP contribution in [0.5, 0.6) is 0 Å². The first-order valence-corrected chi connectivity index (χ1v) is 3.71. The predicted octanol–water partition coefficient (Wildman–Crippen LogP) is 1.13. The van der Waals surface area contributed by atoms with Gasteiger partial charge in [-0.3, -0.25) is 10.3 Å². The Balaban J connectivity index is 2.29. The third-order valence-corrected chi connectivity index (χ3v) is 1.79. The maximum atomic E-state index is 5.08. The second-order valence-corrected chi connectivity index (χ2v) is 2.54. The van der Waals surface area contributed by atoms with Gasteiger partial charge in [-0.25, -0.2) is 0 Å². The van der Waals surface area contributed by atoms with Crippen LogP contribution in [0.15, 0.2) is 23.4 Å². The zero-order valence-electron chi connectivity index (χ0n) is 6.18. The highest BCUT2D eigenvalue weighted by molar-refractivity contribution is 5.36. The molecule has 56 valence electrons. The average molecular weight is 147 g/mol. The van der Waals surface area contributed by atoms with E-state index in [9.17, 15) is 0 Å². The minimum absolute atomic E-state index is 0.753. The molecule has 0 unspecified atom stereocenters. The molecule has 0 aromatic rings. The maximum absolute atomic E-state index is 5.08. The van der Waals surface area contributed by atoms with Gasteiger partial charge in [0.25, 0.3) is 0 Å². The molecule has 11 heavy (non-hydrogen) atoms. The van der Waals surface area contributed by atoms with Gasteiger partial charge in [-0.1, -0.05) is 11.8 Å². The lowest BCUT2D eigenvalue weighted by Gasteiger charge is -2.17. The number of nitrogens with one attached hydrogen (secondary N) is 1. The summed E-state index contributed by atoms with van der Waals surface area (Å²) in [6.45, 7) is 0.753. The highest BCUT2D eigenvalue weighted by Gasteiger charge is 2.09. The van der Waals surface area contributed by atoms with Crippen molar-refractivity contribution in [3.8, 4) is 11.8 Å². The molecule has 0 aromatic heterocycles. The summed E-state index contributed by atoms with van der Waals surface area (Å²) in [5.41, 5.74) is 5.32. The number of hydrogen-bond acceptors (Lipinski definition) is 2. The molecular weight excluding hydrogens is 138 g/mol. The van der Waals surface area contributed by atoms with Gasteiger partial charge < -0.3 is 0 Å². The molecule has 1 N–H and O–H groups in total. The standard InChI is InChI=1S/C9H9NO/c1-2-4-8-6-7-11-10-9(8)5-3-1/h2,4,10H,5-7H2. The van der Waals surface area contributed by atoms with Crippen LogP contribution in [0.3, 0.4) is 0 Å². The van der Waals surface area contributed by atoms with Gasteiger partial charge >= 0.3 is 0 Å². The summed E-state index contributed by atoms with van der Waals surface area (Å²) in [6.07, 6.45) is 5.73. The van der Waals surface area contributed by atoms with Gasteiger partial charge in [-0.15, -0.1) is 0 Å². The Morgan fingerprint density at radius 2 is 2.55 bits per heavy atom. The lowest BCUT2D eigenvalue weighted by molar-refractivity contribution is 0.0521.